The molecule has 5 heteroatoms. The average Bonchev–Trinajstić information content (AvgIpc) is 2.48. The predicted octanol–water partition coefficient (Wildman–Crippen LogP) is 0.356. The summed E-state index contributed by atoms with van der Waals surface area (Å²) < 4.78 is 1.52. The molecule has 0 aliphatic heterocycles. The Balaban J connectivity index is 2.51. The fraction of sp³-hybridized carbons (Fsp3) is 0.125. The van der Waals surface area contributed by atoms with Crippen molar-refractivity contribution in [3.8, 4) is 0 Å². The number of hydrogen-bond donors (Lipinski definition) is 1. The van der Waals surface area contributed by atoms with Gasteiger partial charge >= 0.3 is 5.97 Å². The van der Waals surface area contributed by atoms with Gasteiger partial charge in [-0.25, -0.2) is 9.50 Å². The van der Waals surface area contributed by atoms with Crippen LogP contribution in [0.5, 0.6) is 0 Å². The lowest BCUT2D eigenvalue weighted by atomic mass is 10.3. The quantitative estimate of drug-likeness (QED) is 0.719. The average molecular weight is 177 g/mol. The Morgan fingerprint density at radius 2 is 2.46 bits per heavy atom. The Morgan fingerprint density at radius 3 is 3.23 bits per heavy atom. The molecule has 2 rings (SSSR count). The molecule has 66 valence electrons. The molecule has 0 unspecified atom stereocenters. The van der Waals surface area contributed by atoms with Crippen molar-refractivity contribution in [1.29, 1.82) is 0 Å². The van der Waals surface area contributed by atoms with E-state index in [1.165, 1.54) is 10.7 Å². The van der Waals surface area contributed by atoms with Crippen molar-refractivity contribution in [3.63, 3.8) is 0 Å². The standard InChI is InChI=1S/C8H7N3O2/c12-8(13)4-6-5-9-7-2-1-3-10-11(6)7/h1-3,5H,4H2,(H,12,13). The number of imidazole rings is 1. The van der Waals surface area contributed by atoms with Gasteiger partial charge in [0.05, 0.1) is 18.3 Å². The van der Waals surface area contributed by atoms with E-state index in [0.717, 1.165) is 0 Å². The summed E-state index contributed by atoms with van der Waals surface area (Å²) in [4.78, 5) is 14.5. The van der Waals surface area contributed by atoms with Gasteiger partial charge in [-0.3, -0.25) is 4.79 Å². The number of rotatable bonds is 2. The number of aromatic nitrogens is 3. The molecule has 13 heavy (non-hydrogen) atoms. The molecule has 0 bridgehead atoms. The van der Waals surface area contributed by atoms with Gasteiger partial charge in [-0.05, 0) is 12.1 Å². The molecule has 0 fully saturated rings. The van der Waals surface area contributed by atoms with Crippen LogP contribution in [0.15, 0.2) is 24.5 Å². The summed E-state index contributed by atoms with van der Waals surface area (Å²) in [6.07, 6.45) is 3.06. The van der Waals surface area contributed by atoms with Gasteiger partial charge in [0.1, 0.15) is 0 Å². The number of carboxylic acids is 1. The number of nitrogens with zero attached hydrogens (tertiary/aromatic N) is 3. The lowest BCUT2D eigenvalue weighted by Crippen LogP contribution is -2.04. The van der Waals surface area contributed by atoms with E-state index in [1.54, 1.807) is 18.3 Å². The monoisotopic (exact) mass is 177 g/mol. The van der Waals surface area contributed by atoms with Gasteiger partial charge in [0.15, 0.2) is 5.65 Å². The summed E-state index contributed by atoms with van der Waals surface area (Å²) in [5.74, 6) is -0.882. The zero-order valence-corrected chi connectivity index (χ0v) is 6.71. The summed E-state index contributed by atoms with van der Waals surface area (Å²) in [7, 11) is 0. The van der Waals surface area contributed by atoms with Gasteiger partial charge in [-0.15, -0.1) is 0 Å². The fourth-order valence-corrected chi connectivity index (χ4v) is 1.15. The molecular formula is C8H7N3O2. The van der Waals surface area contributed by atoms with E-state index in [9.17, 15) is 4.79 Å². The second-order valence-corrected chi connectivity index (χ2v) is 2.61. The maximum atomic E-state index is 10.4. The Morgan fingerprint density at radius 1 is 1.62 bits per heavy atom. The Kier molecular flexibility index (Phi) is 1.70. The van der Waals surface area contributed by atoms with Gasteiger partial charge in [0, 0.05) is 6.20 Å². The van der Waals surface area contributed by atoms with E-state index in [-0.39, 0.29) is 6.42 Å². The largest absolute Gasteiger partial charge is 0.481 e. The molecule has 0 saturated heterocycles. The highest BCUT2D eigenvalue weighted by atomic mass is 16.4. The minimum atomic E-state index is -0.882. The maximum absolute atomic E-state index is 10.4. The maximum Gasteiger partial charge on any atom is 0.309 e. The summed E-state index contributed by atoms with van der Waals surface area (Å²) in [6, 6.07) is 3.53. The fourth-order valence-electron chi connectivity index (χ4n) is 1.15. The van der Waals surface area contributed by atoms with E-state index >= 15 is 0 Å². The highest BCUT2D eigenvalue weighted by Gasteiger charge is 2.06. The molecule has 2 aromatic heterocycles. The van der Waals surface area contributed by atoms with Crippen molar-refractivity contribution in [3.05, 3.63) is 30.2 Å². The molecule has 2 aromatic rings. The molecule has 2 heterocycles. The summed E-state index contributed by atoms with van der Waals surface area (Å²) in [5.41, 5.74) is 1.25. The molecule has 0 amide bonds. The zero-order chi connectivity index (χ0) is 9.26. The van der Waals surface area contributed by atoms with Crippen molar-refractivity contribution < 1.29 is 9.90 Å². The predicted molar refractivity (Wildman–Crippen MR) is 44.3 cm³/mol. The van der Waals surface area contributed by atoms with Crippen LogP contribution < -0.4 is 0 Å². The van der Waals surface area contributed by atoms with E-state index in [0.29, 0.717) is 11.3 Å². The first-order valence-electron chi connectivity index (χ1n) is 3.77. The van der Waals surface area contributed by atoms with Crippen LogP contribution in [0, 0.1) is 0 Å². The van der Waals surface area contributed by atoms with Crippen LogP contribution in [0.2, 0.25) is 0 Å². The van der Waals surface area contributed by atoms with Crippen LogP contribution in [-0.2, 0) is 11.2 Å². The second kappa shape index (κ2) is 2.85. The molecule has 0 aromatic carbocycles. The smallest absolute Gasteiger partial charge is 0.309 e. The topological polar surface area (TPSA) is 67.5 Å². The van der Waals surface area contributed by atoms with E-state index in [2.05, 4.69) is 10.1 Å². The number of fused-ring (bicyclic) bond motifs is 1. The third kappa shape index (κ3) is 1.35. The molecule has 0 saturated carbocycles. The zero-order valence-electron chi connectivity index (χ0n) is 6.71. The van der Waals surface area contributed by atoms with Crippen molar-refractivity contribution in [1.82, 2.24) is 14.6 Å². The number of aliphatic carboxylic acids is 1. The molecule has 1 N–H and O–H groups in total. The van der Waals surface area contributed by atoms with Crippen LogP contribution >= 0.6 is 0 Å². The highest BCUT2D eigenvalue weighted by molar-refractivity contribution is 5.69. The van der Waals surface area contributed by atoms with Gasteiger partial charge in [0.2, 0.25) is 0 Å². The molecule has 0 atom stereocenters. The van der Waals surface area contributed by atoms with Gasteiger partial charge in [-0.2, -0.15) is 5.10 Å². The van der Waals surface area contributed by atoms with Crippen LogP contribution in [0.25, 0.3) is 5.65 Å². The molecular weight excluding hydrogens is 170 g/mol. The van der Waals surface area contributed by atoms with Gasteiger partial charge < -0.3 is 5.11 Å². The normalized spacial score (nSPS) is 10.5. The minimum absolute atomic E-state index is 0.0574. The highest BCUT2D eigenvalue weighted by Crippen LogP contribution is 2.03. The van der Waals surface area contributed by atoms with Crippen LogP contribution in [0.4, 0.5) is 0 Å². The first-order chi connectivity index (χ1) is 6.27. The molecule has 0 aliphatic rings. The Bertz CT molecular complexity index is 449. The van der Waals surface area contributed by atoms with Crippen molar-refractivity contribution in [2.45, 2.75) is 6.42 Å². The van der Waals surface area contributed by atoms with Crippen LogP contribution in [-0.4, -0.2) is 25.7 Å². The number of carbonyl (C=O) groups is 1. The Labute approximate surface area is 73.6 Å². The minimum Gasteiger partial charge on any atom is -0.481 e. The Hall–Kier alpha value is -1.91. The molecule has 0 spiro atoms. The van der Waals surface area contributed by atoms with Crippen LogP contribution in [0.3, 0.4) is 0 Å². The number of hydrogen-bond acceptors (Lipinski definition) is 3. The summed E-state index contributed by atoms with van der Waals surface area (Å²) in [6.45, 7) is 0. The number of carboxylic acid groups (broad SMARTS) is 1. The SMILES string of the molecule is O=C(O)Cc1cnc2cccnn12. The lowest BCUT2D eigenvalue weighted by molar-refractivity contribution is -0.136. The first-order valence-corrected chi connectivity index (χ1v) is 3.77. The lowest BCUT2D eigenvalue weighted by Gasteiger charge is -1.94. The van der Waals surface area contributed by atoms with Crippen molar-refractivity contribution in [2.24, 2.45) is 0 Å². The summed E-state index contributed by atoms with van der Waals surface area (Å²) >= 11 is 0. The molecule has 0 aliphatic carbocycles. The molecule has 5 nitrogen and oxygen atoms in total. The molecule has 0 radical (unpaired) electrons. The van der Waals surface area contributed by atoms with Crippen molar-refractivity contribution in [2.75, 3.05) is 0 Å². The van der Waals surface area contributed by atoms with Crippen molar-refractivity contribution >= 4 is 11.6 Å². The van der Waals surface area contributed by atoms with Gasteiger partial charge in [0.25, 0.3) is 0 Å². The second-order valence-electron chi connectivity index (χ2n) is 2.61. The van der Waals surface area contributed by atoms with E-state index < -0.39 is 5.97 Å². The third-order valence-corrected chi connectivity index (χ3v) is 1.68. The van der Waals surface area contributed by atoms with Crippen LogP contribution in [0.1, 0.15) is 5.69 Å². The summed E-state index contributed by atoms with van der Waals surface area (Å²) in [5, 5.41) is 12.6. The van der Waals surface area contributed by atoms with Gasteiger partial charge in [-0.1, -0.05) is 0 Å². The third-order valence-electron chi connectivity index (χ3n) is 1.68. The first kappa shape index (κ1) is 7.72. The van der Waals surface area contributed by atoms with E-state index in [4.69, 9.17) is 5.11 Å². The van der Waals surface area contributed by atoms with E-state index in [1.807, 2.05) is 0 Å².